The van der Waals surface area contributed by atoms with E-state index in [2.05, 4.69) is 22.2 Å². The van der Waals surface area contributed by atoms with Crippen LogP contribution in [-0.4, -0.2) is 79.8 Å². The van der Waals surface area contributed by atoms with E-state index in [1.807, 2.05) is 0 Å². The molecule has 3 aliphatic heterocycles. The lowest BCUT2D eigenvalue weighted by Crippen LogP contribution is -2.61. The molecule has 0 aromatic heterocycles. The second-order valence-electron chi connectivity index (χ2n) is 7.85. The van der Waals surface area contributed by atoms with Gasteiger partial charge < -0.3 is 20.7 Å². The van der Waals surface area contributed by atoms with Gasteiger partial charge in [-0.15, -0.1) is 0 Å². The van der Waals surface area contributed by atoms with Crippen molar-refractivity contribution in [3.63, 3.8) is 0 Å². The molecule has 0 aliphatic carbocycles. The number of piperidine rings is 2. The zero-order valence-corrected chi connectivity index (χ0v) is 15.1. The first kappa shape index (κ1) is 18.1. The highest BCUT2D eigenvalue weighted by atomic mass is 16.5. The summed E-state index contributed by atoms with van der Waals surface area (Å²) in [6.07, 6.45) is 7.65. The minimum absolute atomic E-state index is 0.0557. The van der Waals surface area contributed by atoms with Crippen LogP contribution in [0.25, 0.3) is 0 Å². The number of carbonyl (C=O) groups is 1. The largest absolute Gasteiger partial charge is 0.364 e. The molecule has 3 saturated heterocycles. The molecule has 3 N–H and O–H groups in total. The third kappa shape index (κ3) is 4.10. The smallest absolute Gasteiger partial charge is 0.249 e. The van der Waals surface area contributed by atoms with Crippen LogP contribution in [0.2, 0.25) is 0 Å². The van der Waals surface area contributed by atoms with Gasteiger partial charge in [0.1, 0.15) is 6.10 Å². The summed E-state index contributed by atoms with van der Waals surface area (Å²) in [7, 11) is 2.19. The molecule has 0 spiro atoms. The third-order valence-corrected chi connectivity index (χ3v) is 6.20. The van der Waals surface area contributed by atoms with Gasteiger partial charge in [-0.3, -0.25) is 9.69 Å². The molecule has 0 aromatic carbocycles. The summed E-state index contributed by atoms with van der Waals surface area (Å²) in [6.45, 7) is 5.84. The molecular formula is C18H34N4O2. The number of hydrogen-bond acceptors (Lipinski definition) is 5. The Hall–Kier alpha value is -0.690. The van der Waals surface area contributed by atoms with Crippen LogP contribution in [0.15, 0.2) is 0 Å². The highest BCUT2D eigenvalue weighted by molar-refractivity contribution is 5.81. The first-order valence-electron chi connectivity index (χ1n) is 9.70. The zero-order chi connectivity index (χ0) is 17.0. The van der Waals surface area contributed by atoms with Gasteiger partial charge in [0.25, 0.3) is 0 Å². The molecule has 0 radical (unpaired) electrons. The molecule has 0 saturated carbocycles. The van der Waals surface area contributed by atoms with Crippen LogP contribution in [0.1, 0.15) is 44.9 Å². The summed E-state index contributed by atoms with van der Waals surface area (Å²) in [4.78, 5) is 17.6. The Morgan fingerprint density at radius 2 is 1.88 bits per heavy atom. The van der Waals surface area contributed by atoms with Crippen molar-refractivity contribution in [1.82, 2.24) is 15.1 Å². The van der Waals surface area contributed by atoms with Crippen molar-refractivity contribution in [1.29, 1.82) is 0 Å². The van der Waals surface area contributed by atoms with E-state index in [9.17, 15) is 4.79 Å². The Morgan fingerprint density at radius 3 is 2.50 bits per heavy atom. The molecule has 2 atom stereocenters. The summed E-state index contributed by atoms with van der Waals surface area (Å²) in [5.41, 5.74) is 5.78. The lowest BCUT2D eigenvalue weighted by molar-refractivity contribution is -0.132. The quantitative estimate of drug-likeness (QED) is 0.766. The van der Waals surface area contributed by atoms with Crippen LogP contribution in [0.3, 0.4) is 0 Å². The molecular weight excluding hydrogens is 304 g/mol. The SMILES string of the molecule is CN1CCC(CNC(=O)[C@@H]2CC[C@H](CN)O2)(N2CCCCC2)CC1. The van der Waals surface area contributed by atoms with E-state index < -0.39 is 0 Å². The molecule has 3 aliphatic rings. The highest BCUT2D eigenvalue weighted by Gasteiger charge is 2.40. The van der Waals surface area contributed by atoms with E-state index >= 15 is 0 Å². The summed E-state index contributed by atoms with van der Waals surface area (Å²) in [6, 6.07) is 0. The second-order valence-corrected chi connectivity index (χ2v) is 7.85. The van der Waals surface area contributed by atoms with Gasteiger partial charge in [-0.05, 0) is 71.8 Å². The first-order valence-corrected chi connectivity index (χ1v) is 9.70. The lowest BCUT2D eigenvalue weighted by Gasteiger charge is -2.50. The van der Waals surface area contributed by atoms with Crippen LogP contribution in [-0.2, 0) is 9.53 Å². The van der Waals surface area contributed by atoms with Crippen molar-refractivity contribution < 1.29 is 9.53 Å². The minimum Gasteiger partial charge on any atom is -0.364 e. The van der Waals surface area contributed by atoms with Gasteiger partial charge in [0.2, 0.25) is 5.91 Å². The van der Waals surface area contributed by atoms with Crippen molar-refractivity contribution in [2.24, 2.45) is 5.73 Å². The van der Waals surface area contributed by atoms with E-state index in [-0.39, 0.29) is 23.7 Å². The Morgan fingerprint density at radius 1 is 1.17 bits per heavy atom. The molecule has 0 bridgehead atoms. The van der Waals surface area contributed by atoms with Crippen LogP contribution in [0, 0.1) is 0 Å². The molecule has 1 amide bonds. The Labute approximate surface area is 146 Å². The van der Waals surface area contributed by atoms with Gasteiger partial charge in [-0.25, -0.2) is 0 Å². The van der Waals surface area contributed by atoms with Gasteiger partial charge >= 0.3 is 0 Å². The van der Waals surface area contributed by atoms with E-state index in [0.29, 0.717) is 6.54 Å². The molecule has 6 nitrogen and oxygen atoms in total. The molecule has 24 heavy (non-hydrogen) atoms. The van der Waals surface area contributed by atoms with Crippen molar-refractivity contribution in [2.75, 3.05) is 46.3 Å². The van der Waals surface area contributed by atoms with Crippen LogP contribution in [0.5, 0.6) is 0 Å². The van der Waals surface area contributed by atoms with Crippen molar-refractivity contribution >= 4 is 5.91 Å². The van der Waals surface area contributed by atoms with Gasteiger partial charge in [-0.2, -0.15) is 0 Å². The summed E-state index contributed by atoms with van der Waals surface area (Å²) in [5.74, 6) is 0.0567. The molecule has 6 heteroatoms. The maximum Gasteiger partial charge on any atom is 0.249 e. The Kier molecular flexibility index (Phi) is 6.13. The summed E-state index contributed by atoms with van der Waals surface area (Å²) >= 11 is 0. The molecule has 3 heterocycles. The molecule has 3 rings (SSSR count). The highest BCUT2D eigenvalue weighted by Crippen LogP contribution is 2.31. The number of hydrogen-bond donors (Lipinski definition) is 2. The maximum absolute atomic E-state index is 12.5. The van der Waals surface area contributed by atoms with Gasteiger partial charge in [0, 0.05) is 18.6 Å². The topological polar surface area (TPSA) is 70.8 Å². The fraction of sp³-hybridized carbons (Fsp3) is 0.944. The normalized spacial score (nSPS) is 31.9. The van der Waals surface area contributed by atoms with Crippen LogP contribution in [0.4, 0.5) is 0 Å². The summed E-state index contributed by atoms with van der Waals surface area (Å²) in [5, 5.41) is 3.23. The molecule has 138 valence electrons. The lowest BCUT2D eigenvalue weighted by atomic mass is 9.84. The first-order chi connectivity index (χ1) is 11.6. The monoisotopic (exact) mass is 338 g/mol. The van der Waals surface area contributed by atoms with Crippen molar-refractivity contribution in [3.05, 3.63) is 0 Å². The van der Waals surface area contributed by atoms with Gasteiger partial charge in [-0.1, -0.05) is 6.42 Å². The Bertz CT molecular complexity index is 417. The van der Waals surface area contributed by atoms with Crippen molar-refractivity contribution in [3.8, 4) is 0 Å². The number of ether oxygens (including phenoxy) is 1. The van der Waals surface area contributed by atoms with Gasteiger partial charge in [0.05, 0.1) is 6.10 Å². The number of nitrogens with zero attached hydrogens (tertiary/aromatic N) is 2. The number of nitrogens with one attached hydrogen (secondary N) is 1. The van der Waals surface area contributed by atoms with Gasteiger partial charge in [0.15, 0.2) is 0 Å². The molecule has 0 unspecified atom stereocenters. The third-order valence-electron chi connectivity index (χ3n) is 6.20. The predicted octanol–water partition coefficient (Wildman–Crippen LogP) is 0.559. The number of likely N-dealkylation sites (tertiary alicyclic amines) is 2. The van der Waals surface area contributed by atoms with E-state index in [1.54, 1.807) is 0 Å². The maximum atomic E-state index is 12.5. The second kappa shape index (κ2) is 8.13. The average Bonchev–Trinajstić information content (AvgIpc) is 3.11. The predicted molar refractivity (Wildman–Crippen MR) is 94.8 cm³/mol. The number of amides is 1. The molecule has 0 aromatic rings. The van der Waals surface area contributed by atoms with Crippen molar-refractivity contribution in [2.45, 2.75) is 62.7 Å². The fourth-order valence-electron chi connectivity index (χ4n) is 4.45. The van der Waals surface area contributed by atoms with E-state index in [0.717, 1.165) is 45.3 Å². The van der Waals surface area contributed by atoms with E-state index in [4.69, 9.17) is 10.5 Å². The van der Waals surface area contributed by atoms with Crippen LogP contribution >= 0.6 is 0 Å². The molecule has 3 fully saturated rings. The number of rotatable bonds is 5. The zero-order valence-electron chi connectivity index (χ0n) is 15.1. The number of nitrogens with two attached hydrogens (primary N) is 1. The van der Waals surface area contributed by atoms with Crippen LogP contribution < -0.4 is 11.1 Å². The number of carbonyl (C=O) groups excluding carboxylic acids is 1. The standard InChI is InChI=1S/C18H34N4O2/c1-21-11-7-18(8-12-21,22-9-3-2-4-10-22)14-20-17(23)16-6-5-15(13-19)24-16/h15-16H,2-14,19H2,1H3,(H,20,23)/t15-,16+/m1/s1. The average molecular weight is 338 g/mol. The summed E-state index contributed by atoms with van der Waals surface area (Å²) < 4.78 is 5.75. The Balaban J connectivity index is 1.58. The van der Waals surface area contributed by atoms with E-state index in [1.165, 1.54) is 32.4 Å². The fourth-order valence-corrected chi connectivity index (χ4v) is 4.45. The minimum atomic E-state index is -0.303.